The monoisotopic (exact) mass is 289 g/mol. The summed E-state index contributed by atoms with van der Waals surface area (Å²) in [7, 11) is 0. The number of halogens is 1. The lowest BCUT2D eigenvalue weighted by molar-refractivity contribution is -0.119. The minimum Gasteiger partial charge on any atom is -0.362 e. The fourth-order valence-electron chi connectivity index (χ4n) is 2.38. The molecule has 2 aromatic rings. The van der Waals surface area contributed by atoms with Gasteiger partial charge in [0.05, 0.1) is 6.54 Å². The van der Waals surface area contributed by atoms with Gasteiger partial charge in [0.1, 0.15) is 11.3 Å². The number of nitrogens with zero attached hydrogens (tertiary/aromatic N) is 2. The molecule has 0 bridgehead atoms. The standard InChI is InChI=1S/C16H20FN3O/c1-4-18-15(21)10-20(5-2)14-9-11(3)19-16-12(14)7-6-8-13(16)17/h6-9H,4-5,10H2,1-3H3,(H,18,21). The number of aryl methyl sites for hydroxylation is 1. The summed E-state index contributed by atoms with van der Waals surface area (Å²) in [5.41, 5.74) is 1.92. The summed E-state index contributed by atoms with van der Waals surface area (Å²) in [6.45, 7) is 7.19. The van der Waals surface area contributed by atoms with Crippen LogP contribution in [0.25, 0.3) is 10.9 Å². The van der Waals surface area contributed by atoms with Crippen molar-refractivity contribution >= 4 is 22.5 Å². The predicted molar refractivity (Wildman–Crippen MR) is 83.0 cm³/mol. The SMILES string of the molecule is CCNC(=O)CN(CC)c1cc(C)nc2c(F)cccc12. The molecule has 0 radical (unpaired) electrons. The van der Waals surface area contributed by atoms with E-state index < -0.39 is 0 Å². The van der Waals surface area contributed by atoms with Gasteiger partial charge in [0.25, 0.3) is 0 Å². The molecule has 1 N–H and O–H groups in total. The van der Waals surface area contributed by atoms with Crippen molar-refractivity contribution in [1.82, 2.24) is 10.3 Å². The lowest BCUT2D eigenvalue weighted by Crippen LogP contribution is -2.37. The predicted octanol–water partition coefficient (Wildman–Crippen LogP) is 2.64. The summed E-state index contributed by atoms with van der Waals surface area (Å²) in [5, 5.41) is 3.51. The average Bonchev–Trinajstić information content (AvgIpc) is 2.45. The molecule has 0 spiro atoms. The van der Waals surface area contributed by atoms with Crippen LogP contribution in [-0.4, -0.2) is 30.5 Å². The molecule has 0 aliphatic rings. The summed E-state index contributed by atoms with van der Waals surface area (Å²) in [6, 6.07) is 6.79. The molecule has 1 aromatic carbocycles. The molecule has 0 fully saturated rings. The van der Waals surface area contributed by atoms with Gasteiger partial charge in [-0.1, -0.05) is 12.1 Å². The number of fused-ring (bicyclic) bond motifs is 1. The maximum absolute atomic E-state index is 13.9. The van der Waals surface area contributed by atoms with E-state index in [1.807, 2.05) is 37.8 Å². The number of carbonyl (C=O) groups excluding carboxylic acids is 1. The average molecular weight is 289 g/mol. The van der Waals surface area contributed by atoms with Crippen LogP contribution >= 0.6 is 0 Å². The van der Waals surface area contributed by atoms with Crippen LogP contribution in [-0.2, 0) is 4.79 Å². The molecule has 0 saturated heterocycles. The molecular weight excluding hydrogens is 269 g/mol. The number of nitrogens with one attached hydrogen (secondary N) is 1. The van der Waals surface area contributed by atoms with Gasteiger partial charge < -0.3 is 10.2 Å². The van der Waals surface area contributed by atoms with Crippen LogP contribution in [0.3, 0.4) is 0 Å². The van der Waals surface area contributed by atoms with Crippen molar-refractivity contribution in [3.63, 3.8) is 0 Å². The highest BCUT2D eigenvalue weighted by molar-refractivity contribution is 5.94. The van der Waals surface area contributed by atoms with E-state index in [4.69, 9.17) is 0 Å². The summed E-state index contributed by atoms with van der Waals surface area (Å²) >= 11 is 0. The number of anilines is 1. The van der Waals surface area contributed by atoms with Crippen LogP contribution < -0.4 is 10.2 Å². The summed E-state index contributed by atoms with van der Waals surface area (Å²) in [5.74, 6) is -0.384. The molecule has 0 aliphatic heterocycles. The summed E-state index contributed by atoms with van der Waals surface area (Å²) in [6.07, 6.45) is 0. The lowest BCUT2D eigenvalue weighted by Gasteiger charge is -2.24. The van der Waals surface area contributed by atoms with E-state index >= 15 is 0 Å². The second-order valence-electron chi connectivity index (χ2n) is 4.89. The first-order chi connectivity index (χ1) is 10.1. The number of para-hydroxylation sites is 1. The van der Waals surface area contributed by atoms with Crippen molar-refractivity contribution in [1.29, 1.82) is 0 Å². The van der Waals surface area contributed by atoms with Gasteiger partial charge in [-0.15, -0.1) is 0 Å². The fraction of sp³-hybridized carbons (Fsp3) is 0.375. The van der Waals surface area contributed by atoms with Crippen LogP contribution in [0.1, 0.15) is 19.5 Å². The van der Waals surface area contributed by atoms with Crippen LogP contribution in [0.15, 0.2) is 24.3 Å². The van der Waals surface area contributed by atoms with Crippen LogP contribution in [0, 0.1) is 12.7 Å². The molecule has 0 saturated carbocycles. The van der Waals surface area contributed by atoms with Gasteiger partial charge in [-0.25, -0.2) is 9.37 Å². The minimum atomic E-state index is -0.341. The second-order valence-corrected chi connectivity index (χ2v) is 4.89. The molecule has 1 heterocycles. The first-order valence-electron chi connectivity index (χ1n) is 7.14. The third-order valence-corrected chi connectivity index (χ3v) is 3.33. The molecular formula is C16H20FN3O. The Morgan fingerprint density at radius 3 is 2.81 bits per heavy atom. The zero-order chi connectivity index (χ0) is 15.4. The molecule has 1 aromatic heterocycles. The molecule has 0 aliphatic carbocycles. The zero-order valence-electron chi connectivity index (χ0n) is 12.6. The molecule has 21 heavy (non-hydrogen) atoms. The highest BCUT2D eigenvalue weighted by Gasteiger charge is 2.15. The molecule has 5 heteroatoms. The van der Waals surface area contributed by atoms with Gasteiger partial charge in [0.15, 0.2) is 0 Å². The second kappa shape index (κ2) is 6.52. The van der Waals surface area contributed by atoms with Crippen molar-refractivity contribution in [2.75, 3.05) is 24.5 Å². The van der Waals surface area contributed by atoms with Crippen molar-refractivity contribution in [3.8, 4) is 0 Å². The number of amides is 1. The van der Waals surface area contributed by atoms with Crippen LogP contribution in [0.2, 0.25) is 0 Å². The molecule has 0 unspecified atom stereocenters. The number of hydrogen-bond donors (Lipinski definition) is 1. The smallest absolute Gasteiger partial charge is 0.239 e. The number of aromatic nitrogens is 1. The van der Waals surface area contributed by atoms with Crippen molar-refractivity contribution in [3.05, 3.63) is 35.8 Å². The lowest BCUT2D eigenvalue weighted by atomic mass is 10.1. The van der Waals surface area contributed by atoms with Gasteiger partial charge in [-0.05, 0) is 32.9 Å². The Balaban J connectivity index is 2.48. The van der Waals surface area contributed by atoms with E-state index in [2.05, 4.69) is 10.3 Å². The number of benzene rings is 1. The molecule has 2 rings (SSSR count). The first-order valence-corrected chi connectivity index (χ1v) is 7.14. The quantitative estimate of drug-likeness (QED) is 0.920. The highest BCUT2D eigenvalue weighted by Crippen LogP contribution is 2.28. The van der Waals surface area contributed by atoms with Gasteiger partial charge in [-0.2, -0.15) is 0 Å². The Labute approximate surface area is 124 Å². The number of carbonyl (C=O) groups is 1. The van der Waals surface area contributed by atoms with Gasteiger partial charge in [-0.3, -0.25) is 4.79 Å². The number of pyridine rings is 1. The fourth-order valence-corrected chi connectivity index (χ4v) is 2.38. The summed E-state index contributed by atoms with van der Waals surface area (Å²) < 4.78 is 13.9. The van der Waals surface area contributed by atoms with Crippen LogP contribution in [0.4, 0.5) is 10.1 Å². The Morgan fingerprint density at radius 2 is 2.14 bits per heavy atom. The molecule has 1 amide bonds. The molecule has 112 valence electrons. The maximum Gasteiger partial charge on any atom is 0.239 e. The number of rotatable bonds is 5. The van der Waals surface area contributed by atoms with E-state index in [0.717, 1.165) is 16.8 Å². The van der Waals surface area contributed by atoms with Gasteiger partial charge in [0, 0.05) is 29.9 Å². The third kappa shape index (κ3) is 3.29. The Hall–Kier alpha value is -2.17. The Morgan fingerprint density at radius 1 is 1.38 bits per heavy atom. The first kappa shape index (κ1) is 15.2. The van der Waals surface area contributed by atoms with Gasteiger partial charge in [0.2, 0.25) is 5.91 Å². The number of hydrogen-bond acceptors (Lipinski definition) is 3. The summed E-state index contributed by atoms with van der Waals surface area (Å²) in [4.78, 5) is 18.0. The topological polar surface area (TPSA) is 45.2 Å². The van der Waals surface area contributed by atoms with E-state index in [1.54, 1.807) is 6.07 Å². The minimum absolute atomic E-state index is 0.0432. The van der Waals surface area contributed by atoms with E-state index in [-0.39, 0.29) is 18.3 Å². The van der Waals surface area contributed by atoms with Gasteiger partial charge >= 0.3 is 0 Å². The van der Waals surface area contributed by atoms with Crippen molar-refractivity contribution in [2.24, 2.45) is 0 Å². The molecule has 0 atom stereocenters. The Kier molecular flexibility index (Phi) is 4.73. The van der Waals surface area contributed by atoms with Crippen molar-refractivity contribution in [2.45, 2.75) is 20.8 Å². The van der Waals surface area contributed by atoms with E-state index in [0.29, 0.717) is 18.6 Å². The number of likely N-dealkylation sites (N-methyl/N-ethyl adjacent to an activating group) is 2. The normalized spacial score (nSPS) is 10.7. The Bertz CT molecular complexity index is 657. The largest absolute Gasteiger partial charge is 0.362 e. The highest BCUT2D eigenvalue weighted by atomic mass is 19.1. The maximum atomic E-state index is 13.9. The van der Waals surface area contributed by atoms with Crippen LogP contribution in [0.5, 0.6) is 0 Å². The molecule has 4 nitrogen and oxygen atoms in total. The van der Waals surface area contributed by atoms with E-state index in [1.165, 1.54) is 6.07 Å². The third-order valence-electron chi connectivity index (χ3n) is 3.33. The van der Waals surface area contributed by atoms with E-state index in [9.17, 15) is 9.18 Å². The zero-order valence-corrected chi connectivity index (χ0v) is 12.6. The van der Waals surface area contributed by atoms with Crippen molar-refractivity contribution < 1.29 is 9.18 Å².